The van der Waals surface area contributed by atoms with Gasteiger partial charge in [0.1, 0.15) is 5.75 Å². The van der Waals surface area contributed by atoms with E-state index in [0.717, 1.165) is 54.7 Å². The molecule has 0 spiro atoms. The van der Waals surface area contributed by atoms with Crippen LogP contribution in [0.2, 0.25) is 0 Å². The molecular weight excluding hydrogens is 378 g/mol. The molecule has 4 saturated carbocycles. The van der Waals surface area contributed by atoms with Crippen LogP contribution < -0.4 is 20.7 Å². The highest BCUT2D eigenvalue weighted by molar-refractivity contribution is 5.97. The van der Waals surface area contributed by atoms with E-state index in [4.69, 9.17) is 4.74 Å². The maximum Gasteiger partial charge on any atom is 0.321 e. The molecule has 3 N–H and O–H groups in total. The van der Waals surface area contributed by atoms with E-state index in [9.17, 15) is 9.59 Å². The Balaban J connectivity index is 1.31. The molecule has 0 radical (unpaired) electrons. The fourth-order valence-electron chi connectivity index (χ4n) is 6.42. The smallest absolute Gasteiger partial charge is 0.321 e. The van der Waals surface area contributed by atoms with Gasteiger partial charge in [0, 0.05) is 11.6 Å². The van der Waals surface area contributed by atoms with Crippen LogP contribution in [0.15, 0.2) is 24.3 Å². The van der Waals surface area contributed by atoms with Gasteiger partial charge in [-0.25, -0.2) is 4.79 Å². The molecule has 164 valence electrons. The SMILES string of the molecule is CC[C@@H](N[C@H](C)C(=O)NC(=O)NC12CC3CC(CC(C3)C1)C2)c1ccc(OC)cc1. The second-order valence-electron chi connectivity index (χ2n) is 9.76. The summed E-state index contributed by atoms with van der Waals surface area (Å²) in [4.78, 5) is 25.3. The van der Waals surface area contributed by atoms with E-state index in [0.29, 0.717) is 0 Å². The monoisotopic (exact) mass is 413 g/mol. The number of benzene rings is 1. The van der Waals surface area contributed by atoms with E-state index >= 15 is 0 Å². The number of amides is 3. The molecule has 0 aromatic heterocycles. The average Bonchev–Trinajstić information content (AvgIpc) is 2.70. The minimum absolute atomic E-state index is 0.0304. The van der Waals surface area contributed by atoms with Crippen molar-refractivity contribution in [2.24, 2.45) is 17.8 Å². The highest BCUT2D eigenvalue weighted by Gasteiger charge is 2.51. The Labute approximate surface area is 179 Å². The van der Waals surface area contributed by atoms with Crippen LogP contribution in [-0.4, -0.2) is 30.6 Å². The Morgan fingerprint density at radius 2 is 1.63 bits per heavy atom. The number of imide groups is 1. The lowest BCUT2D eigenvalue weighted by Crippen LogP contribution is -2.62. The first-order valence-corrected chi connectivity index (χ1v) is 11.4. The van der Waals surface area contributed by atoms with Crippen molar-refractivity contribution in [3.8, 4) is 5.75 Å². The molecule has 0 unspecified atom stereocenters. The lowest BCUT2D eigenvalue weighted by molar-refractivity contribution is -0.121. The van der Waals surface area contributed by atoms with Gasteiger partial charge in [-0.3, -0.25) is 15.4 Å². The van der Waals surface area contributed by atoms with Crippen molar-refractivity contribution >= 4 is 11.9 Å². The fourth-order valence-corrected chi connectivity index (χ4v) is 6.42. The molecule has 6 nitrogen and oxygen atoms in total. The maximum absolute atomic E-state index is 12.7. The van der Waals surface area contributed by atoms with Crippen molar-refractivity contribution in [3.63, 3.8) is 0 Å². The van der Waals surface area contributed by atoms with Crippen molar-refractivity contribution in [1.82, 2.24) is 16.0 Å². The summed E-state index contributed by atoms with van der Waals surface area (Å²) < 4.78 is 5.22. The number of methoxy groups -OCH3 is 1. The van der Waals surface area contributed by atoms with Crippen LogP contribution in [0.4, 0.5) is 4.79 Å². The maximum atomic E-state index is 12.7. The van der Waals surface area contributed by atoms with E-state index in [1.165, 1.54) is 19.3 Å². The third-order valence-electron chi connectivity index (χ3n) is 7.42. The molecule has 0 aliphatic heterocycles. The van der Waals surface area contributed by atoms with Gasteiger partial charge >= 0.3 is 6.03 Å². The summed E-state index contributed by atoms with van der Waals surface area (Å²) in [5, 5.41) is 9.14. The number of hydrogen-bond acceptors (Lipinski definition) is 4. The summed E-state index contributed by atoms with van der Waals surface area (Å²) in [7, 11) is 1.64. The number of carbonyl (C=O) groups excluding carboxylic acids is 2. The van der Waals surface area contributed by atoms with Gasteiger partial charge in [-0.1, -0.05) is 19.1 Å². The zero-order chi connectivity index (χ0) is 21.3. The van der Waals surface area contributed by atoms with Gasteiger partial charge in [0.2, 0.25) is 5.91 Å². The van der Waals surface area contributed by atoms with Gasteiger partial charge < -0.3 is 10.1 Å². The molecule has 5 rings (SSSR count). The molecule has 30 heavy (non-hydrogen) atoms. The van der Waals surface area contributed by atoms with Crippen LogP contribution in [0.3, 0.4) is 0 Å². The minimum Gasteiger partial charge on any atom is -0.497 e. The van der Waals surface area contributed by atoms with Crippen molar-refractivity contribution in [2.45, 2.75) is 76.4 Å². The Morgan fingerprint density at radius 1 is 1.07 bits per heavy atom. The molecule has 4 aliphatic carbocycles. The molecular formula is C24H35N3O3. The van der Waals surface area contributed by atoms with E-state index in [1.54, 1.807) is 14.0 Å². The Hall–Kier alpha value is -2.08. The molecule has 4 aliphatic rings. The zero-order valence-corrected chi connectivity index (χ0v) is 18.4. The molecule has 2 atom stereocenters. The van der Waals surface area contributed by atoms with Crippen LogP contribution in [0.1, 0.15) is 70.4 Å². The van der Waals surface area contributed by atoms with E-state index in [2.05, 4.69) is 22.9 Å². The average molecular weight is 414 g/mol. The minimum atomic E-state index is -0.473. The first-order chi connectivity index (χ1) is 14.4. The quantitative estimate of drug-likeness (QED) is 0.633. The van der Waals surface area contributed by atoms with Gasteiger partial charge in [-0.15, -0.1) is 0 Å². The van der Waals surface area contributed by atoms with Gasteiger partial charge in [-0.2, -0.15) is 0 Å². The van der Waals surface area contributed by atoms with Crippen LogP contribution in [0.5, 0.6) is 5.75 Å². The molecule has 0 heterocycles. The summed E-state index contributed by atoms with van der Waals surface area (Å²) in [6.07, 6.45) is 8.03. The number of urea groups is 1. The molecule has 3 amide bonds. The highest BCUT2D eigenvalue weighted by atomic mass is 16.5. The Morgan fingerprint density at radius 3 is 2.13 bits per heavy atom. The molecule has 6 heteroatoms. The van der Waals surface area contributed by atoms with Gasteiger partial charge in [-0.05, 0) is 87.3 Å². The third kappa shape index (κ3) is 4.48. The number of hydrogen-bond donors (Lipinski definition) is 3. The second-order valence-corrected chi connectivity index (χ2v) is 9.76. The lowest BCUT2D eigenvalue weighted by atomic mass is 9.53. The first-order valence-electron chi connectivity index (χ1n) is 11.4. The van der Waals surface area contributed by atoms with E-state index in [1.807, 2.05) is 24.3 Å². The standard InChI is InChI=1S/C24H35N3O3/c1-4-21(19-5-7-20(30-3)8-6-19)25-15(2)22(28)26-23(29)27-24-12-16-9-17(13-24)11-18(10-16)14-24/h5-8,15-18,21,25H,4,9-14H2,1-3H3,(H2,26,27,28,29)/t15-,16?,17?,18?,21-,24?/m1/s1. The summed E-state index contributed by atoms with van der Waals surface area (Å²) in [6, 6.07) is 7.07. The first kappa shape index (κ1) is 21.2. The molecule has 0 saturated heterocycles. The van der Waals surface area contributed by atoms with Crippen LogP contribution in [0, 0.1) is 17.8 Å². The number of carbonyl (C=O) groups is 2. The predicted octanol–water partition coefficient (Wildman–Crippen LogP) is 3.92. The second kappa shape index (κ2) is 8.58. The van der Waals surface area contributed by atoms with Crippen LogP contribution >= 0.6 is 0 Å². The summed E-state index contributed by atoms with van der Waals surface area (Å²) in [5.74, 6) is 2.78. The van der Waals surface area contributed by atoms with Gasteiger partial charge in [0.15, 0.2) is 0 Å². The van der Waals surface area contributed by atoms with Crippen molar-refractivity contribution in [2.75, 3.05) is 7.11 Å². The number of rotatable bonds is 7. The van der Waals surface area contributed by atoms with Crippen LogP contribution in [0.25, 0.3) is 0 Å². The Kier molecular flexibility index (Phi) is 6.05. The predicted molar refractivity (Wildman–Crippen MR) is 116 cm³/mol. The van der Waals surface area contributed by atoms with Gasteiger partial charge in [0.05, 0.1) is 13.2 Å². The largest absolute Gasteiger partial charge is 0.497 e. The van der Waals surface area contributed by atoms with Crippen molar-refractivity contribution < 1.29 is 14.3 Å². The summed E-state index contributed by atoms with van der Waals surface area (Å²) >= 11 is 0. The van der Waals surface area contributed by atoms with E-state index in [-0.39, 0.29) is 23.5 Å². The topological polar surface area (TPSA) is 79.5 Å². The molecule has 4 bridgehead atoms. The third-order valence-corrected chi connectivity index (χ3v) is 7.42. The number of ether oxygens (including phenoxy) is 1. The number of nitrogens with one attached hydrogen (secondary N) is 3. The van der Waals surface area contributed by atoms with Crippen molar-refractivity contribution in [3.05, 3.63) is 29.8 Å². The summed E-state index contributed by atoms with van der Waals surface area (Å²) in [5.41, 5.74) is 1.00. The van der Waals surface area contributed by atoms with Crippen molar-refractivity contribution in [1.29, 1.82) is 0 Å². The fraction of sp³-hybridized carbons (Fsp3) is 0.667. The molecule has 4 fully saturated rings. The van der Waals surface area contributed by atoms with E-state index < -0.39 is 6.04 Å². The molecule has 1 aromatic carbocycles. The van der Waals surface area contributed by atoms with Crippen LogP contribution in [-0.2, 0) is 4.79 Å². The lowest BCUT2D eigenvalue weighted by Gasteiger charge is -2.56. The highest BCUT2D eigenvalue weighted by Crippen LogP contribution is 2.55. The molecule has 1 aromatic rings. The van der Waals surface area contributed by atoms with Gasteiger partial charge in [0.25, 0.3) is 0 Å². The normalized spacial score (nSPS) is 31.1. The summed E-state index contributed by atoms with van der Waals surface area (Å²) in [6.45, 7) is 3.88. The Bertz CT molecular complexity index is 741. The zero-order valence-electron chi connectivity index (χ0n) is 18.4.